The summed E-state index contributed by atoms with van der Waals surface area (Å²) in [6.07, 6.45) is 8.22. The monoisotopic (exact) mass is 980 g/mol. The Kier molecular flexibility index (Phi) is 13.0. The number of aromatic hydroxyl groups is 1. The summed E-state index contributed by atoms with van der Waals surface area (Å²) in [5.41, 5.74) is 19.5. The molecule has 4 nitrogen and oxygen atoms in total. The van der Waals surface area contributed by atoms with Crippen LogP contribution in [0.2, 0.25) is 0 Å². The predicted octanol–water partition coefficient (Wildman–Crippen LogP) is 18.8. The van der Waals surface area contributed by atoms with Crippen LogP contribution in [0.4, 0.5) is 0 Å². The van der Waals surface area contributed by atoms with Crippen LogP contribution < -0.4 is 0 Å². The molecule has 8 aromatic carbocycles. The summed E-state index contributed by atoms with van der Waals surface area (Å²) in [5.74, 6) is 1.68. The molecule has 0 aliphatic heterocycles. The minimum Gasteiger partial charge on any atom is -0.507 e. The summed E-state index contributed by atoms with van der Waals surface area (Å²) in [5, 5.41) is 12.7. The van der Waals surface area contributed by atoms with Crippen molar-refractivity contribution in [3.63, 3.8) is 0 Å². The number of hydrogen-bond acceptors (Lipinski definition) is 3. The SMILES string of the molecule is CC(C)(C)c1cc(-c2nc3c(-c4cc(-c5ccccc5)cc(-c5cc(-c6cccc(C(C)(C)c7ccccc7)c6)ccn5)c4)cccc3n2-c2ccc(CC3CCCC3)cc2-c2ccccc2)c(O)c(C(C)(C)C)c1. The fourth-order valence-electron chi connectivity index (χ4n) is 11.5. The second-order valence-corrected chi connectivity index (χ2v) is 23.6. The molecule has 0 saturated heterocycles. The summed E-state index contributed by atoms with van der Waals surface area (Å²) in [6.45, 7) is 17.9. The molecule has 1 saturated carbocycles. The van der Waals surface area contributed by atoms with Crippen LogP contribution in [0.5, 0.6) is 5.75 Å². The Balaban J connectivity index is 1.13. The van der Waals surface area contributed by atoms with Crippen LogP contribution in [0.15, 0.2) is 200 Å². The van der Waals surface area contributed by atoms with Crippen molar-refractivity contribution in [2.24, 2.45) is 5.92 Å². The van der Waals surface area contributed by atoms with Crippen molar-refractivity contribution in [3.8, 4) is 78.6 Å². The summed E-state index contributed by atoms with van der Waals surface area (Å²) >= 11 is 0. The molecule has 10 aromatic rings. The third-order valence-corrected chi connectivity index (χ3v) is 15.9. The van der Waals surface area contributed by atoms with E-state index in [1.807, 2.05) is 6.20 Å². The van der Waals surface area contributed by atoms with Crippen molar-refractivity contribution in [2.45, 2.75) is 104 Å². The molecule has 1 N–H and O–H groups in total. The summed E-state index contributed by atoms with van der Waals surface area (Å²) in [7, 11) is 0. The minimum absolute atomic E-state index is 0.176. The first kappa shape index (κ1) is 49.4. The molecule has 0 amide bonds. The lowest BCUT2D eigenvalue weighted by molar-refractivity contribution is 0.446. The maximum Gasteiger partial charge on any atom is 0.149 e. The van der Waals surface area contributed by atoms with Gasteiger partial charge >= 0.3 is 0 Å². The first-order valence-electron chi connectivity index (χ1n) is 27.0. The molecule has 0 radical (unpaired) electrons. The van der Waals surface area contributed by atoms with Crippen molar-refractivity contribution >= 4 is 11.0 Å². The Hall–Kier alpha value is -7.82. The number of pyridine rings is 1. The number of rotatable bonds is 11. The quantitative estimate of drug-likeness (QED) is 0.140. The molecule has 2 heterocycles. The standard InChI is InChI=1S/C71H69N3O/c1-69(2,3)58-45-61(67(75)62(46-58)70(4,5)6)68-73-66-59(32-21-33-65(66)74(68)64-35-34-48(38-47-22-18-19-23-47)39-60(64)50-26-14-10-15-27-50)54-40-53(49-24-12-9-13-25-49)41-55(42-54)63-44-52(36-37-72-63)51-28-20-31-57(43-51)71(7,8)56-29-16-11-17-30-56/h9-17,20-21,24-37,39-47,75H,18-19,22-23,38H2,1-8H3. The van der Waals surface area contributed by atoms with Gasteiger partial charge in [0.2, 0.25) is 0 Å². The van der Waals surface area contributed by atoms with Crippen LogP contribution in [0.3, 0.4) is 0 Å². The van der Waals surface area contributed by atoms with Gasteiger partial charge in [0, 0.05) is 33.9 Å². The highest BCUT2D eigenvalue weighted by atomic mass is 16.3. The van der Waals surface area contributed by atoms with E-state index in [2.05, 4.69) is 254 Å². The van der Waals surface area contributed by atoms with E-state index in [0.29, 0.717) is 11.7 Å². The molecule has 2 aromatic heterocycles. The number of hydrogen-bond donors (Lipinski definition) is 1. The maximum absolute atomic E-state index is 12.7. The minimum atomic E-state index is -0.333. The van der Waals surface area contributed by atoms with Crippen LogP contribution in [-0.4, -0.2) is 19.6 Å². The van der Waals surface area contributed by atoms with E-state index in [0.717, 1.165) is 95.6 Å². The van der Waals surface area contributed by atoms with Gasteiger partial charge in [0.1, 0.15) is 11.6 Å². The van der Waals surface area contributed by atoms with Gasteiger partial charge < -0.3 is 5.11 Å². The van der Waals surface area contributed by atoms with E-state index in [4.69, 9.17) is 9.97 Å². The molecule has 0 atom stereocenters. The fraction of sp³-hybridized carbons (Fsp3) is 0.239. The molecule has 1 aliphatic carbocycles. The zero-order valence-corrected chi connectivity index (χ0v) is 45.0. The van der Waals surface area contributed by atoms with E-state index in [1.54, 1.807) is 0 Å². The number of fused-ring (bicyclic) bond motifs is 1. The zero-order valence-electron chi connectivity index (χ0n) is 45.0. The summed E-state index contributed by atoms with van der Waals surface area (Å²) in [4.78, 5) is 10.9. The van der Waals surface area contributed by atoms with Crippen LogP contribution >= 0.6 is 0 Å². The van der Waals surface area contributed by atoms with Crippen molar-refractivity contribution in [2.75, 3.05) is 0 Å². The molecule has 0 bridgehead atoms. The second-order valence-electron chi connectivity index (χ2n) is 23.6. The molecule has 11 rings (SSSR count). The van der Waals surface area contributed by atoms with Crippen molar-refractivity contribution in [1.29, 1.82) is 0 Å². The van der Waals surface area contributed by atoms with E-state index < -0.39 is 0 Å². The highest BCUT2D eigenvalue weighted by Gasteiger charge is 2.30. The first-order chi connectivity index (χ1) is 36.1. The molecule has 75 heavy (non-hydrogen) atoms. The molecule has 0 unspecified atom stereocenters. The van der Waals surface area contributed by atoms with Crippen LogP contribution in [-0.2, 0) is 22.7 Å². The first-order valence-corrected chi connectivity index (χ1v) is 27.0. The molecule has 0 spiro atoms. The fourth-order valence-corrected chi connectivity index (χ4v) is 11.5. The highest BCUT2D eigenvalue weighted by Crippen LogP contribution is 2.46. The lowest BCUT2D eigenvalue weighted by Gasteiger charge is -2.27. The predicted molar refractivity (Wildman–Crippen MR) is 315 cm³/mol. The lowest BCUT2D eigenvalue weighted by Crippen LogP contribution is -2.18. The van der Waals surface area contributed by atoms with Gasteiger partial charge in [-0.15, -0.1) is 0 Å². The number of phenolic OH excluding ortho intramolecular Hbond substituents is 1. The summed E-state index contributed by atoms with van der Waals surface area (Å²) in [6, 6.07) is 70.4. The van der Waals surface area contributed by atoms with Crippen molar-refractivity contribution < 1.29 is 5.11 Å². The van der Waals surface area contributed by atoms with Gasteiger partial charge in [-0.2, -0.15) is 0 Å². The summed E-state index contributed by atoms with van der Waals surface area (Å²) < 4.78 is 2.33. The van der Waals surface area contributed by atoms with Gasteiger partial charge in [0.15, 0.2) is 0 Å². The van der Waals surface area contributed by atoms with Crippen LogP contribution in [0.25, 0.3) is 83.9 Å². The smallest absolute Gasteiger partial charge is 0.149 e. The van der Waals surface area contributed by atoms with E-state index in [9.17, 15) is 5.11 Å². The van der Waals surface area contributed by atoms with Gasteiger partial charge in [-0.3, -0.25) is 9.55 Å². The van der Waals surface area contributed by atoms with Gasteiger partial charge in [-0.1, -0.05) is 221 Å². The van der Waals surface area contributed by atoms with E-state index in [-0.39, 0.29) is 22.0 Å². The van der Waals surface area contributed by atoms with Gasteiger partial charge in [0.25, 0.3) is 0 Å². The number of imidazole rings is 1. The lowest BCUT2D eigenvalue weighted by atomic mass is 9.77. The van der Waals surface area contributed by atoms with E-state index >= 15 is 0 Å². The van der Waals surface area contributed by atoms with Gasteiger partial charge in [-0.25, -0.2) is 4.98 Å². The molecule has 1 aliphatic rings. The number of para-hydroxylation sites is 1. The molecule has 4 heteroatoms. The van der Waals surface area contributed by atoms with Gasteiger partial charge in [-0.05, 0) is 133 Å². The number of nitrogens with zero attached hydrogens (tertiary/aromatic N) is 3. The highest BCUT2D eigenvalue weighted by molar-refractivity contribution is 5.98. The Labute approximate surface area is 444 Å². The average molecular weight is 980 g/mol. The average Bonchev–Trinajstić information content (AvgIpc) is 4.10. The van der Waals surface area contributed by atoms with Crippen molar-refractivity contribution in [1.82, 2.24) is 14.5 Å². The molecule has 1 fully saturated rings. The number of phenols is 1. The van der Waals surface area contributed by atoms with Crippen LogP contribution in [0.1, 0.15) is 109 Å². The molecular weight excluding hydrogens is 911 g/mol. The van der Waals surface area contributed by atoms with Gasteiger partial charge in [0.05, 0.1) is 28.0 Å². The third kappa shape index (κ3) is 9.87. The maximum atomic E-state index is 12.7. The third-order valence-electron chi connectivity index (χ3n) is 15.9. The normalized spacial score (nSPS) is 13.4. The Bertz CT molecular complexity index is 3680. The molecular formula is C71H69N3O. The number of aromatic nitrogens is 3. The largest absolute Gasteiger partial charge is 0.507 e. The van der Waals surface area contributed by atoms with Crippen LogP contribution in [0, 0.1) is 5.92 Å². The topological polar surface area (TPSA) is 50.9 Å². The molecule has 374 valence electrons. The Morgan fingerprint density at radius 2 is 1.11 bits per heavy atom. The zero-order chi connectivity index (χ0) is 52.1. The Morgan fingerprint density at radius 3 is 1.81 bits per heavy atom. The number of benzene rings is 8. The Morgan fingerprint density at radius 1 is 0.480 bits per heavy atom. The second kappa shape index (κ2) is 19.8. The van der Waals surface area contributed by atoms with E-state index in [1.165, 1.54) is 42.4 Å². The van der Waals surface area contributed by atoms with Crippen molar-refractivity contribution in [3.05, 3.63) is 228 Å².